The molecule has 1 fully saturated rings. The molecule has 0 bridgehead atoms. The summed E-state index contributed by atoms with van der Waals surface area (Å²) in [6.45, 7) is 24.5. The maximum absolute atomic E-state index is 11.5. The summed E-state index contributed by atoms with van der Waals surface area (Å²) in [5.41, 5.74) is 0.195. The molecule has 2 amide bonds. The topological polar surface area (TPSA) is 126 Å². The molecule has 1 aliphatic rings. The summed E-state index contributed by atoms with van der Waals surface area (Å²) in [4.78, 5) is 18.2. The van der Waals surface area contributed by atoms with E-state index in [4.69, 9.17) is 9.59 Å². The van der Waals surface area contributed by atoms with Crippen LogP contribution in [0.2, 0.25) is 0 Å². The molecule has 3 atom stereocenters. The van der Waals surface area contributed by atoms with E-state index in [1.54, 1.807) is 7.05 Å². The van der Waals surface area contributed by atoms with Gasteiger partial charge in [0, 0.05) is 31.4 Å². The number of nitrogens with one attached hydrogen (secondary N) is 4. The van der Waals surface area contributed by atoms with E-state index in [0.29, 0.717) is 24.6 Å². The van der Waals surface area contributed by atoms with Crippen LogP contribution in [0.1, 0.15) is 95.4 Å². The molecule has 0 aromatic carbocycles. The first-order valence-electron chi connectivity index (χ1n) is 13.3. The van der Waals surface area contributed by atoms with Crippen LogP contribution in [-0.2, 0) is 20.6 Å². The van der Waals surface area contributed by atoms with Gasteiger partial charge in [0.25, 0.3) is 0 Å². The quantitative estimate of drug-likeness (QED) is 0.180. The fourth-order valence-corrected chi connectivity index (χ4v) is 3.01. The van der Waals surface area contributed by atoms with Gasteiger partial charge in [-0.3, -0.25) is 9.59 Å². The average Bonchev–Trinajstić information content (AvgIpc) is 3.36. The second-order valence-electron chi connectivity index (χ2n) is 8.21. The molecule has 0 radical (unpaired) electrons. The summed E-state index contributed by atoms with van der Waals surface area (Å²) in [5, 5.41) is 19.9. The summed E-state index contributed by atoms with van der Waals surface area (Å²) >= 11 is 0. The van der Waals surface area contributed by atoms with Crippen molar-refractivity contribution in [1.82, 2.24) is 25.6 Å². The Morgan fingerprint density at radius 1 is 1.08 bits per heavy atom. The Kier molecular flexibility index (Phi) is 67.5. The normalized spacial score (nSPS) is 14.3. The molecule has 0 aromatic rings. The summed E-state index contributed by atoms with van der Waals surface area (Å²) in [7, 11) is 4.60. The van der Waals surface area contributed by atoms with Crippen molar-refractivity contribution in [1.29, 1.82) is 0 Å². The van der Waals surface area contributed by atoms with Crippen LogP contribution in [0.5, 0.6) is 0 Å². The Morgan fingerprint density at radius 3 is 1.65 bits per heavy atom. The van der Waals surface area contributed by atoms with E-state index in [-0.39, 0.29) is 56.8 Å². The predicted octanol–water partition coefficient (Wildman–Crippen LogP) is -0.121. The fourth-order valence-electron chi connectivity index (χ4n) is 2.25. The van der Waals surface area contributed by atoms with Gasteiger partial charge in [0.05, 0.1) is 11.0 Å². The van der Waals surface area contributed by atoms with Gasteiger partial charge in [-0.25, -0.2) is 8.51 Å². The first-order valence-corrected chi connectivity index (χ1v) is 14.6. The second-order valence-corrected chi connectivity index (χ2v) is 10.0. The Bertz CT molecular complexity index is 426. The van der Waals surface area contributed by atoms with Crippen LogP contribution in [0.4, 0.5) is 0 Å². The van der Waals surface area contributed by atoms with Crippen molar-refractivity contribution in [3.05, 3.63) is 0 Å². The predicted molar refractivity (Wildman–Crippen MR) is 158 cm³/mol. The van der Waals surface area contributed by atoms with Crippen molar-refractivity contribution in [3.8, 4) is 0 Å². The third-order valence-electron chi connectivity index (χ3n) is 4.02. The van der Waals surface area contributed by atoms with Gasteiger partial charge in [0.15, 0.2) is 0 Å². The molecule has 1 aliphatic heterocycles. The third-order valence-corrected chi connectivity index (χ3v) is 5.36. The fraction of sp³-hybridized carbons (Fsp3) is 0.923. The second kappa shape index (κ2) is 46.4. The van der Waals surface area contributed by atoms with E-state index in [1.807, 2.05) is 58.3 Å². The molecule has 4 N–H and O–H groups in total. The van der Waals surface area contributed by atoms with Gasteiger partial charge in [-0.05, 0) is 45.8 Å². The first kappa shape index (κ1) is 53.8. The number of hydrogen-bond acceptors (Lipinski definition) is 6. The number of amides is 2. The Balaban J connectivity index is -0.0000000654. The minimum atomic E-state index is -0.835. The number of carbonyl (C=O) groups excluding carboxylic acids is 2. The average molecular weight is 582 g/mol. The van der Waals surface area contributed by atoms with Gasteiger partial charge in [0.1, 0.15) is 0 Å². The molecular weight excluding hydrogens is 517 g/mol. The molecule has 2 unspecified atom stereocenters. The van der Waals surface area contributed by atoms with E-state index in [1.165, 1.54) is 25.8 Å². The van der Waals surface area contributed by atoms with E-state index in [9.17, 15) is 9.32 Å². The summed E-state index contributed by atoms with van der Waals surface area (Å²) in [6, 6.07) is 1.16. The van der Waals surface area contributed by atoms with Gasteiger partial charge >= 0.3 is 51.4 Å². The van der Waals surface area contributed by atoms with Gasteiger partial charge < -0.3 is 26.4 Å². The zero-order chi connectivity index (χ0) is 30.0. The van der Waals surface area contributed by atoms with E-state index < -0.39 is 17.7 Å². The first-order chi connectivity index (χ1) is 17.0. The van der Waals surface area contributed by atoms with Crippen LogP contribution in [0.15, 0.2) is 0 Å². The molecule has 0 spiro atoms. The van der Waals surface area contributed by atoms with Crippen molar-refractivity contribution in [2.45, 2.75) is 108 Å². The van der Waals surface area contributed by atoms with Crippen molar-refractivity contribution >= 4 is 23.8 Å². The molecule has 0 aromatic heterocycles. The Hall–Kier alpha value is 0.566. The maximum Gasteiger partial charge on any atom is 1.00 e. The van der Waals surface area contributed by atoms with Crippen LogP contribution < -0.4 is 77.8 Å². The van der Waals surface area contributed by atoms with Crippen molar-refractivity contribution in [2.75, 3.05) is 46.7 Å². The van der Waals surface area contributed by atoms with Crippen molar-refractivity contribution in [2.24, 2.45) is 5.41 Å². The van der Waals surface area contributed by atoms with Gasteiger partial charge in [-0.1, -0.05) is 82.4 Å². The number of rotatable bonds is 8. The molecule has 1 saturated heterocycles. The van der Waals surface area contributed by atoms with Crippen molar-refractivity contribution in [3.63, 3.8) is 0 Å². The van der Waals surface area contributed by atoms with Crippen molar-refractivity contribution < 1.29 is 70.3 Å². The largest absolute Gasteiger partial charge is 1.00 e. The molecule has 37 heavy (non-hydrogen) atoms. The Morgan fingerprint density at radius 2 is 1.51 bits per heavy atom. The number of likely N-dealkylation sites (N-methyl/N-ethyl adjacent to an activating group) is 2. The molecule has 224 valence electrons. The monoisotopic (exact) mass is 581 g/mol. The van der Waals surface area contributed by atoms with Crippen LogP contribution >= 0.6 is 0 Å². The zero-order valence-corrected chi connectivity index (χ0v) is 31.2. The molecule has 0 saturated carbocycles. The zero-order valence-electron chi connectivity index (χ0n) is 27.2. The van der Waals surface area contributed by atoms with Crippen LogP contribution in [0.3, 0.4) is 0 Å². The standard InChI is InChI=1S/C10H24N2OS.C5H11N.C3H8.C2H4NO2.C2H5NO.2C2H6.K/c1-7-14(13)12(6)8-9(11-5)10(2,3)4;1-5-3-2-4-6-5;1-3-2;4-1-3-2-5;1-3-2-4;2*1-2;/h9,11H,7-8H2,1-6H3;5-6H,2-4H2,1H3;3H2,1-2H3;1H,2H2,(H,3,4);2H,1H3,(H,3,4);2*1-2H3;/q;;;-1;;;;+1/t;5-;;;;;;/m.1....../s1. The summed E-state index contributed by atoms with van der Waals surface area (Å²) in [6.07, 6.45) is 4.99. The maximum atomic E-state index is 11.5. The number of hydrogen-bond donors (Lipinski definition) is 4. The molecular formula is C26H64KN5O4S. The van der Waals surface area contributed by atoms with Gasteiger partial charge in [0.2, 0.25) is 12.8 Å². The van der Waals surface area contributed by atoms with E-state index in [0.717, 1.165) is 12.6 Å². The summed E-state index contributed by atoms with van der Waals surface area (Å²) < 4.78 is 13.4. The molecule has 9 nitrogen and oxygen atoms in total. The molecule has 11 heteroatoms. The van der Waals surface area contributed by atoms with E-state index >= 15 is 0 Å². The van der Waals surface area contributed by atoms with Crippen LogP contribution in [0.25, 0.3) is 0 Å². The van der Waals surface area contributed by atoms with Gasteiger partial charge in [-0.2, -0.15) is 0 Å². The smallest absolute Gasteiger partial charge is 0.839 e. The van der Waals surface area contributed by atoms with E-state index in [2.05, 4.69) is 57.5 Å². The minimum Gasteiger partial charge on any atom is -0.839 e. The molecule has 0 aliphatic carbocycles. The SMILES string of the molecule is CC.CC.CCC.CCS(=O)N(C)CC(NC)C(C)(C)C.CNC=O.C[C@@H]1CCCN1.O=CNC[O-].[K+]. The third kappa shape index (κ3) is 53.5. The minimum absolute atomic E-state index is 0. The summed E-state index contributed by atoms with van der Waals surface area (Å²) in [5.74, 6) is 0.692. The van der Waals surface area contributed by atoms with Crippen LogP contribution in [0, 0.1) is 5.41 Å². The number of carbonyl (C=O) groups is 2. The molecule has 1 heterocycles. The van der Waals surface area contributed by atoms with Gasteiger partial charge in [-0.15, -0.1) is 0 Å². The number of nitrogens with zero attached hydrogens (tertiary/aromatic N) is 1. The van der Waals surface area contributed by atoms with Crippen LogP contribution in [-0.4, -0.2) is 80.1 Å². The Labute approximate surface area is 276 Å². The molecule has 1 rings (SSSR count).